The Morgan fingerprint density at radius 2 is 2.27 bits per heavy atom. The Labute approximate surface area is 88.5 Å². The fourth-order valence-electron chi connectivity index (χ4n) is 1.09. The van der Waals surface area contributed by atoms with Gasteiger partial charge in [-0.05, 0) is 18.2 Å². The van der Waals surface area contributed by atoms with E-state index in [1.165, 1.54) is 12.1 Å². The van der Waals surface area contributed by atoms with Crippen LogP contribution in [0.15, 0.2) is 18.2 Å². The van der Waals surface area contributed by atoms with E-state index < -0.39 is 23.2 Å². The van der Waals surface area contributed by atoms with Gasteiger partial charge in [-0.15, -0.1) is 0 Å². The molecule has 5 nitrogen and oxygen atoms in total. The summed E-state index contributed by atoms with van der Waals surface area (Å²) >= 11 is -2.23. The van der Waals surface area contributed by atoms with Gasteiger partial charge < -0.3 is 10.8 Å². The predicted molar refractivity (Wildman–Crippen MR) is 54.8 cm³/mol. The minimum atomic E-state index is -2.23. The Kier molecular flexibility index (Phi) is 4.15. The third kappa shape index (κ3) is 3.24. The molecule has 1 aromatic carbocycles. The molecular weight excluding hydrogens is 223 g/mol. The maximum atomic E-state index is 13.2. The average molecular weight is 234 g/mol. The number of nitrogens with two attached hydrogens (primary N) is 1. The largest absolute Gasteiger partial charge is 0.387 e. The van der Waals surface area contributed by atoms with E-state index in [9.17, 15) is 13.7 Å². The van der Waals surface area contributed by atoms with Gasteiger partial charge in [-0.25, -0.2) is 8.60 Å². The van der Waals surface area contributed by atoms with Crippen molar-refractivity contribution >= 4 is 17.0 Å². The zero-order valence-electron chi connectivity index (χ0n) is 7.68. The average Bonchev–Trinajstić information content (AvgIpc) is 2.19. The minimum absolute atomic E-state index is 0.00653. The standard InChI is InChI=1S/C8H11FN2O3S/c9-7-2-1-5(11-15(13)14)3-6(7)8(12)4-10/h1-3,8,11-12H,4,10H2,(H,13,14). The maximum absolute atomic E-state index is 13.2. The number of hydrogen-bond acceptors (Lipinski definition) is 3. The van der Waals surface area contributed by atoms with E-state index in [0.29, 0.717) is 0 Å². The van der Waals surface area contributed by atoms with Crippen LogP contribution in [0.5, 0.6) is 0 Å². The molecule has 0 saturated heterocycles. The summed E-state index contributed by atoms with van der Waals surface area (Å²) in [6, 6.07) is 3.61. The summed E-state index contributed by atoms with van der Waals surface area (Å²) in [4.78, 5) is 0. The van der Waals surface area contributed by atoms with Crippen molar-refractivity contribution in [2.24, 2.45) is 5.73 Å². The molecule has 0 heterocycles. The van der Waals surface area contributed by atoms with Crippen LogP contribution in [0.4, 0.5) is 10.1 Å². The van der Waals surface area contributed by atoms with E-state index in [2.05, 4.69) is 4.72 Å². The Bertz CT molecular complexity index is 375. The van der Waals surface area contributed by atoms with Crippen molar-refractivity contribution in [3.63, 3.8) is 0 Å². The van der Waals surface area contributed by atoms with Crippen LogP contribution >= 0.6 is 0 Å². The first-order valence-electron chi connectivity index (χ1n) is 4.09. The molecule has 0 aromatic heterocycles. The zero-order chi connectivity index (χ0) is 11.4. The topological polar surface area (TPSA) is 95.6 Å². The third-order valence-electron chi connectivity index (χ3n) is 1.78. The van der Waals surface area contributed by atoms with Gasteiger partial charge >= 0.3 is 0 Å². The van der Waals surface area contributed by atoms with E-state index in [-0.39, 0.29) is 17.8 Å². The summed E-state index contributed by atoms with van der Waals surface area (Å²) in [5.41, 5.74) is 5.41. The molecule has 2 atom stereocenters. The molecule has 5 N–H and O–H groups in total. The van der Waals surface area contributed by atoms with Gasteiger partial charge in [-0.3, -0.25) is 9.27 Å². The molecule has 0 fully saturated rings. The molecule has 7 heteroatoms. The molecule has 2 unspecified atom stereocenters. The summed E-state index contributed by atoms with van der Waals surface area (Å²) in [5.74, 6) is -0.609. The smallest absolute Gasteiger partial charge is 0.259 e. The second kappa shape index (κ2) is 5.17. The Morgan fingerprint density at radius 3 is 2.80 bits per heavy atom. The van der Waals surface area contributed by atoms with Crippen LogP contribution < -0.4 is 10.5 Å². The van der Waals surface area contributed by atoms with E-state index in [4.69, 9.17) is 10.3 Å². The fraction of sp³-hybridized carbons (Fsp3) is 0.250. The van der Waals surface area contributed by atoms with Crippen LogP contribution in [0.3, 0.4) is 0 Å². The number of aliphatic hydroxyl groups is 1. The number of benzene rings is 1. The highest BCUT2D eigenvalue weighted by Gasteiger charge is 2.12. The molecule has 0 aliphatic carbocycles. The van der Waals surface area contributed by atoms with Crippen molar-refractivity contribution in [2.75, 3.05) is 11.3 Å². The van der Waals surface area contributed by atoms with Crippen molar-refractivity contribution in [3.8, 4) is 0 Å². The molecule has 84 valence electrons. The van der Waals surface area contributed by atoms with E-state index in [1.807, 2.05) is 0 Å². The molecule has 1 aromatic rings. The predicted octanol–water partition coefficient (Wildman–Crippen LogP) is 0.366. The molecule has 0 spiro atoms. The molecule has 0 bridgehead atoms. The second-order valence-electron chi connectivity index (χ2n) is 2.84. The lowest BCUT2D eigenvalue weighted by Crippen LogP contribution is -2.13. The molecule has 15 heavy (non-hydrogen) atoms. The third-order valence-corrected chi connectivity index (χ3v) is 2.19. The second-order valence-corrected chi connectivity index (χ2v) is 3.54. The molecular formula is C8H11FN2O3S. The van der Waals surface area contributed by atoms with E-state index in [0.717, 1.165) is 6.07 Å². The summed E-state index contributed by atoms with van der Waals surface area (Å²) < 4.78 is 34.3. The van der Waals surface area contributed by atoms with Gasteiger partial charge in [0.15, 0.2) is 0 Å². The van der Waals surface area contributed by atoms with Crippen molar-refractivity contribution in [3.05, 3.63) is 29.6 Å². The van der Waals surface area contributed by atoms with Crippen molar-refractivity contribution in [2.45, 2.75) is 6.10 Å². The Balaban J connectivity index is 2.99. The molecule has 0 aliphatic heterocycles. The van der Waals surface area contributed by atoms with Crippen molar-refractivity contribution in [1.29, 1.82) is 0 Å². The number of rotatable bonds is 4. The van der Waals surface area contributed by atoms with Crippen LogP contribution in [0.2, 0.25) is 0 Å². The van der Waals surface area contributed by atoms with Crippen LogP contribution in [-0.4, -0.2) is 20.4 Å². The molecule has 0 aliphatic rings. The first kappa shape index (κ1) is 12.1. The SMILES string of the molecule is NCC(O)c1cc(NS(=O)O)ccc1F. The quantitative estimate of drug-likeness (QED) is 0.566. The lowest BCUT2D eigenvalue weighted by atomic mass is 10.1. The van der Waals surface area contributed by atoms with Gasteiger partial charge in [0.25, 0.3) is 11.3 Å². The summed E-state index contributed by atoms with van der Waals surface area (Å²) in [5, 5.41) is 9.34. The monoisotopic (exact) mass is 234 g/mol. The van der Waals surface area contributed by atoms with Crippen molar-refractivity contribution < 1.29 is 18.3 Å². The van der Waals surface area contributed by atoms with Crippen LogP contribution in [0.1, 0.15) is 11.7 Å². The van der Waals surface area contributed by atoms with Gasteiger partial charge in [0.1, 0.15) is 5.82 Å². The Morgan fingerprint density at radius 1 is 1.60 bits per heavy atom. The number of hydrogen-bond donors (Lipinski definition) is 4. The highest BCUT2D eigenvalue weighted by Crippen LogP contribution is 2.20. The molecule has 1 rings (SSSR count). The first-order chi connectivity index (χ1) is 7.04. The molecule has 0 saturated carbocycles. The highest BCUT2D eigenvalue weighted by molar-refractivity contribution is 7.80. The number of aliphatic hydroxyl groups excluding tert-OH is 1. The highest BCUT2D eigenvalue weighted by atomic mass is 32.2. The molecule has 0 radical (unpaired) electrons. The molecule has 0 amide bonds. The number of halogens is 1. The van der Waals surface area contributed by atoms with Gasteiger partial charge in [0.05, 0.1) is 6.10 Å². The van der Waals surface area contributed by atoms with E-state index >= 15 is 0 Å². The summed E-state index contributed by atoms with van der Waals surface area (Å²) in [7, 11) is 0. The number of nitrogens with one attached hydrogen (secondary N) is 1. The first-order valence-corrected chi connectivity index (χ1v) is 5.20. The summed E-state index contributed by atoms with van der Waals surface area (Å²) in [6.07, 6.45) is -1.13. The van der Waals surface area contributed by atoms with Gasteiger partial charge in [-0.1, -0.05) is 0 Å². The van der Waals surface area contributed by atoms with Gasteiger partial charge in [0, 0.05) is 17.8 Å². The minimum Gasteiger partial charge on any atom is -0.387 e. The fourth-order valence-corrected chi connectivity index (χ4v) is 1.42. The zero-order valence-corrected chi connectivity index (χ0v) is 8.50. The van der Waals surface area contributed by atoms with Gasteiger partial charge in [0.2, 0.25) is 0 Å². The van der Waals surface area contributed by atoms with Crippen LogP contribution in [-0.2, 0) is 11.3 Å². The normalized spacial score (nSPS) is 14.7. The van der Waals surface area contributed by atoms with Crippen LogP contribution in [0.25, 0.3) is 0 Å². The number of anilines is 1. The lowest BCUT2D eigenvalue weighted by Gasteiger charge is -2.11. The Hall–Kier alpha value is -1.02. The maximum Gasteiger partial charge on any atom is 0.259 e. The summed E-state index contributed by atoms with van der Waals surface area (Å²) in [6.45, 7) is -0.122. The van der Waals surface area contributed by atoms with Crippen molar-refractivity contribution in [1.82, 2.24) is 0 Å². The lowest BCUT2D eigenvalue weighted by molar-refractivity contribution is 0.182. The van der Waals surface area contributed by atoms with Gasteiger partial charge in [-0.2, -0.15) is 0 Å². The van der Waals surface area contributed by atoms with Crippen LogP contribution in [0, 0.1) is 5.82 Å². The van der Waals surface area contributed by atoms with E-state index in [1.54, 1.807) is 0 Å².